The van der Waals surface area contributed by atoms with Crippen LogP contribution in [0.4, 0.5) is 0 Å². The van der Waals surface area contributed by atoms with Gasteiger partial charge in [0.05, 0.1) is 11.5 Å². The van der Waals surface area contributed by atoms with Gasteiger partial charge in [-0.2, -0.15) is 4.31 Å². The first kappa shape index (κ1) is 19.2. The second-order valence-corrected chi connectivity index (χ2v) is 7.62. The minimum Gasteiger partial charge on any atom is -0.493 e. The van der Waals surface area contributed by atoms with Crippen LogP contribution in [-0.4, -0.2) is 45.5 Å². The van der Waals surface area contributed by atoms with Gasteiger partial charge in [-0.3, -0.25) is 0 Å². The van der Waals surface area contributed by atoms with Crippen molar-refractivity contribution in [2.75, 3.05) is 32.8 Å². The number of ether oxygens (including phenoxy) is 1. The monoisotopic (exact) mass is 348 g/mol. The lowest BCUT2D eigenvalue weighted by atomic mass is 10.2. The van der Waals surface area contributed by atoms with E-state index in [0.29, 0.717) is 42.8 Å². The molecule has 1 aliphatic rings. The van der Waals surface area contributed by atoms with E-state index >= 15 is 0 Å². The van der Waals surface area contributed by atoms with E-state index in [0.717, 1.165) is 13.0 Å². The number of halogens is 1. The molecule has 0 saturated carbocycles. The summed E-state index contributed by atoms with van der Waals surface area (Å²) >= 11 is 0. The fraction of sp³-hybridized carbons (Fsp3) is 0.600. The van der Waals surface area contributed by atoms with Gasteiger partial charge in [-0.05, 0) is 43.1 Å². The maximum Gasteiger partial charge on any atom is 0.243 e. The lowest BCUT2D eigenvalue weighted by Gasteiger charge is -2.19. The molecule has 1 aromatic rings. The first-order valence-corrected chi connectivity index (χ1v) is 8.88. The van der Waals surface area contributed by atoms with Gasteiger partial charge in [0.1, 0.15) is 5.75 Å². The molecule has 0 aliphatic carbocycles. The molecular weight excluding hydrogens is 324 g/mol. The molecule has 1 heterocycles. The van der Waals surface area contributed by atoms with E-state index in [9.17, 15) is 8.42 Å². The number of benzene rings is 1. The predicted octanol–water partition coefficient (Wildman–Crippen LogP) is 2.13. The highest BCUT2D eigenvalue weighted by Crippen LogP contribution is 2.20. The van der Waals surface area contributed by atoms with Gasteiger partial charge in [0.15, 0.2) is 0 Å². The zero-order valence-electron chi connectivity index (χ0n) is 13.1. The summed E-state index contributed by atoms with van der Waals surface area (Å²) in [7, 11) is -3.40. The Balaban J connectivity index is 0.00000242. The number of sulfonamides is 1. The Morgan fingerprint density at radius 1 is 1.18 bits per heavy atom. The van der Waals surface area contributed by atoms with Crippen LogP contribution in [0.25, 0.3) is 0 Å². The fourth-order valence-electron chi connectivity index (χ4n) is 2.18. The first-order chi connectivity index (χ1) is 10.00. The van der Waals surface area contributed by atoms with Crippen molar-refractivity contribution >= 4 is 22.4 Å². The molecule has 2 rings (SSSR count). The molecule has 0 amide bonds. The maximum atomic E-state index is 12.6. The summed E-state index contributed by atoms with van der Waals surface area (Å²) in [6, 6.07) is 6.71. The van der Waals surface area contributed by atoms with E-state index in [1.54, 1.807) is 28.6 Å². The molecule has 5 nitrogen and oxygen atoms in total. The minimum absolute atomic E-state index is 0. The number of hydrogen-bond acceptors (Lipinski definition) is 4. The summed E-state index contributed by atoms with van der Waals surface area (Å²) in [5.74, 6) is 1.15. The SMILES string of the molecule is CC(C)COc1ccc(S(=O)(=O)N2CCCNCC2)cc1.Cl. The maximum absolute atomic E-state index is 12.6. The normalized spacial score (nSPS) is 16.9. The average Bonchev–Trinajstić information content (AvgIpc) is 2.75. The molecule has 1 aliphatic heterocycles. The van der Waals surface area contributed by atoms with Crippen molar-refractivity contribution < 1.29 is 13.2 Å². The van der Waals surface area contributed by atoms with Gasteiger partial charge in [-0.1, -0.05) is 13.8 Å². The van der Waals surface area contributed by atoms with Crippen molar-refractivity contribution in [1.82, 2.24) is 9.62 Å². The van der Waals surface area contributed by atoms with E-state index in [1.165, 1.54) is 0 Å². The second-order valence-electron chi connectivity index (χ2n) is 5.68. The molecule has 0 aromatic heterocycles. The van der Waals surface area contributed by atoms with Crippen molar-refractivity contribution in [2.24, 2.45) is 5.92 Å². The minimum atomic E-state index is -3.40. The molecule has 0 bridgehead atoms. The van der Waals surface area contributed by atoms with Crippen LogP contribution in [0.15, 0.2) is 29.2 Å². The van der Waals surface area contributed by atoms with E-state index < -0.39 is 10.0 Å². The van der Waals surface area contributed by atoms with Gasteiger partial charge in [0.25, 0.3) is 0 Å². The Labute approximate surface area is 139 Å². The zero-order valence-corrected chi connectivity index (χ0v) is 14.8. The van der Waals surface area contributed by atoms with E-state index in [-0.39, 0.29) is 12.4 Å². The summed E-state index contributed by atoms with van der Waals surface area (Å²) in [5.41, 5.74) is 0. The van der Waals surface area contributed by atoms with Gasteiger partial charge in [0.2, 0.25) is 10.0 Å². The average molecular weight is 349 g/mol. The standard InChI is InChI=1S/C15H24N2O3S.ClH/c1-13(2)12-20-14-4-6-15(7-5-14)21(18,19)17-10-3-8-16-9-11-17;/h4-7,13,16H,3,8-12H2,1-2H3;1H. The third-order valence-corrected chi connectivity index (χ3v) is 5.26. The van der Waals surface area contributed by atoms with Crippen molar-refractivity contribution in [3.63, 3.8) is 0 Å². The van der Waals surface area contributed by atoms with Gasteiger partial charge >= 0.3 is 0 Å². The number of hydrogen-bond donors (Lipinski definition) is 1. The smallest absolute Gasteiger partial charge is 0.243 e. The number of nitrogens with zero attached hydrogens (tertiary/aromatic N) is 1. The highest BCUT2D eigenvalue weighted by Gasteiger charge is 2.24. The molecule has 1 fully saturated rings. The van der Waals surface area contributed by atoms with Crippen LogP contribution in [0, 0.1) is 5.92 Å². The Kier molecular flexibility index (Phi) is 7.62. The van der Waals surface area contributed by atoms with Crippen LogP contribution in [0.1, 0.15) is 20.3 Å². The first-order valence-electron chi connectivity index (χ1n) is 7.44. The van der Waals surface area contributed by atoms with E-state index in [2.05, 4.69) is 19.2 Å². The van der Waals surface area contributed by atoms with Crippen molar-refractivity contribution in [2.45, 2.75) is 25.2 Å². The Bertz CT molecular complexity index is 538. The van der Waals surface area contributed by atoms with Crippen LogP contribution in [-0.2, 0) is 10.0 Å². The molecule has 1 aromatic carbocycles. The topological polar surface area (TPSA) is 58.6 Å². The molecule has 0 unspecified atom stereocenters. The number of nitrogens with one attached hydrogen (secondary N) is 1. The Morgan fingerprint density at radius 3 is 2.50 bits per heavy atom. The van der Waals surface area contributed by atoms with Crippen LogP contribution < -0.4 is 10.1 Å². The molecular formula is C15H25ClN2O3S. The van der Waals surface area contributed by atoms with Crippen LogP contribution >= 0.6 is 12.4 Å². The molecule has 1 N–H and O–H groups in total. The number of rotatable bonds is 5. The molecule has 22 heavy (non-hydrogen) atoms. The van der Waals surface area contributed by atoms with Crippen LogP contribution in [0.3, 0.4) is 0 Å². The van der Waals surface area contributed by atoms with Crippen LogP contribution in [0.2, 0.25) is 0 Å². The van der Waals surface area contributed by atoms with E-state index in [1.807, 2.05) is 0 Å². The quantitative estimate of drug-likeness (QED) is 0.885. The third kappa shape index (κ3) is 5.12. The largest absolute Gasteiger partial charge is 0.493 e. The molecule has 0 atom stereocenters. The molecule has 1 saturated heterocycles. The van der Waals surface area contributed by atoms with Gasteiger partial charge in [0, 0.05) is 19.6 Å². The highest BCUT2D eigenvalue weighted by atomic mass is 35.5. The summed E-state index contributed by atoms with van der Waals surface area (Å²) in [5, 5.41) is 3.21. The van der Waals surface area contributed by atoms with Crippen molar-refractivity contribution in [1.29, 1.82) is 0 Å². The molecule has 7 heteroatoms. The summed E-state index contributed by atoms with van der Waals surface area (Å²) in [6.45, 7) is 7.44. The summed E-state index contributed by atoms with van der Waals surface area (Å²) in [4.78, 5) is 0.335. The lowest BCUT2D eigenvalue weighted by Crippen LogP contribution is -2.34. The Hall–Kier alpha value is -0.820. The second kappa shape index (κ2) is 8.72. The van der Waals surface area contributed by atoms with Gasteiger partial charge in [-0.25, -0.2) is 8.42 Å². The predicted molar refractivity (Wildman–Crippen MR) is 90.3 cm³/mol. The van der Waals surface area contributed by atoms with Crippen molar-refractivity contribution in [3.05, 3.63) is 24.3 Å². The lowest BCUT2D eigenvalue weighted by molar-refractivity contribution is 0.271. The van der Waals surface area contributed by atoms with Crippen molar-refractivity contribution in [3.8, 4) is 5.75 Å². The highest BCUT2D eigenvalue weighted by molar-refractivity contribution is 7.89. The summed E-state index contributed by atoms with van der Waals surface area (Å²) in [6.07, 6.45) is 0.842. The molecule has 0 radical (unpaired) electrons. The Morgan fingerprint density at radius 2 is 1.86 bits per heavy atom. The fourth-order valence-corrected chi connectivity index (χ4v) is 3.66. The summed E-state index contributed by atoms with van der Waals surface area (Å²) < 4.78 is 32.3. The zero-order chi connectivity index (χ0) is 15.3. The third-order valence-electron chi connectivity index (χ3n) is 3.34. The molecule has 0 spiro atoms. The van der Waals surface area contributed by atoms with Gasteiger partial charge < -0.3 is 10.1 Å². The molecule has 126 valence electrons. The van der Waals surface area contributed by atoms with Crippen LogP contribution in [0.5, 0.6) is 5.75 Å². The van der Waals surface area contributed by atoms with Gasteiger partial charge in [-0.15, -0.1) is 12.4 Å². The van der Waals surface area contributed by atoms with E-state index in [4.69, 9.17) is 4.74 Å².